The lowest BCUT2D eigenvalue weighted by molar-refractivity contribution is 0.151. The molecule has 2 aliphatic heterocycles. The van der Waals surface area contributed by atoms with E-state index >= 15 is 0 Å². The van der Waals surface area contributed by atoms with Gasteiger partial charge in [0, 0.05) is 12.6 Å². The van der Waals surface area contributed by atoms with Gasteiger partial charge in [0.2, 0.25) is 0 Å². The summed E-state index contributed by atoms with van der Waals surface area (Å²) in [7, 11) is 1.59. The highest BCUT2D eigenvalue weighted by molar-refractivity contribution is 5.53. The quantitative estimate of drug-likeness (QED) is 0.892. The lowest BCUT2D eigenvalue weighted by atomic mass is 9.78. The van der Waals surface area contributed by atoms with Gasteiger partial charge in [0.1, 0.15) is 0 Å². The van der Waals surface area contributed by atoms with Crippen LogP contribution in [0.25, 0.3) is 0 Å². The molecule has 3 heteroatoms. The molecule has 2 aromatic carbocycles. The molecule has 0 amide bonds. The molecule has 0 saturated carbocycles. The molecule has 0 aliphatic carbocycles. The zero-order valence-corrected chi connectivity index (χ0v) is 14.5. The number of hydrogen-bond acceptors (Lipinski definition) is 3. The van der Waals surface area contributed by atoms with Crippen LogP contribution in [0.4, 0.5) is 0 Å². The number of rotatable bonds is 2. The van der Waals surface area contributed by atoms with E-state index in [1.807, 2.05) is 18.2 Å². The van der Waals surface area contributed by atoms with Crippen LogP contribution in [0.1, 0.15) is 29.2 Å². The van der Waals surface area contributed by atoms with E-state index in [2.05, 4.69) is 42.3 Å². The summed E-state index contributed by atoms with van der Waals surface area (Å²) in [4.78, 5) is 2.52. The molecule has 1 fully saturated rings. The molecule has 2 atom stereocenters. The molecule has 1 saturated heterocycles. The van der Waals surface area contributed by atoms with E-state index in [1.54, 1.807) is 7.11 Å². The molecule has 2 aliphatic rings. The minimum Gasteiger partial charge on any atom is -0.504 e. The van der Waals surface area contributed by atoms with Crippen LogP contribution in [0.5, 0.6) is 11.5 Å². The van der Waals surface area contributed by atoms with Crippen molar-refractivity contribution in [1.29, 1.82) is 0 Å². The average molecular weight is 333 g/mol. The highest BCUT2D eigenvalue weighted by Gasteiger charge is 2.39. The van der Waals surface area contributed by atoms with Crippen molar-refractivity contribution in [2.45, 2.75) is 24.9 Å². The standard InChI is InChI=1S/C22H23NO2/c1-14-9-10-23-19(15(14)2)11-17-12-20(24)21(25-3)13-18(17)22(23)16-7-5-4-6-8-16/h4-8,12-13,19,22,24H,1-2,9-11H2,3H3. The molecule has 2 aromatic rings. The molecule has 0 radical (unpaired) electrons. The van der Waals surface area contributed by atoms with Crippen LogP contribution in [-0.2, 0) is 6.42 Å². The van der Waals surface area contributed by atoms with Gasteiger partial charge in [0.15, 0.2) is 11.5 Å². The number of phenolic OH excluding ortho intramolecular Hbond substituents is 1. The van der Waals surface area contributed by atoms with Crippen LogP contribution >= 0.6 is 0 Å². The summed E-state index contributed by atoms with van der Waals surface area (Å²) in [6, 6.07) is 14.7. The summed E-state index contributed by atoms with van der Waals surface area (Å²) in [5.74, 6) is 0.722. The van der Waals surface area contributed by atoms with Gasteiger partial charge < -0.3 is 9.84 Å². The maximum Gasteiger partial charge on any atom is 0.160 e. The second-order valence-electron chi connectivity index (χ2n) is 6.87. The summed E-state index contributed by atoms with van der Waals surface area (Å²) in [6.07, 6.45) is 1.79. The Hall–Kier alpha value is -2.52. The number of fused-ring (bicyclic) bond motifs is 2. The second kappa shape index (κ2) is 6.08. The number of aromatic hydroxyl groups is 1. The van der Waals surface area contributed by atoms with Crippen molar-refractivity contribution in [1.82, 2.24) is 4.90 Å². The van der Waals surface area contributed by atoms with Gasteiger partial charge in [-0.15, -0.1) is 0 Å². The molecule has 3 nitrogen and oxygen atoms in total. The van der Waals surface area contributed by atoms with E-state index in [0.29, 0.717) is 5.75 Å². The number of piperidine rings is 1. The number of nitrogens with zero attached hydrogens (tertiary/aromatic N) is 1. The lowest BCUT2D eigenvalue weighted by Crippen LogP contribution is -2.48. The first-order valence-electron chi connectivity index (χ1n) is 8.67. The summed E-state index contributed by atoms with van der Waals surface area (Å²) in [5, 5.41) is 10.3. The van der Waals surface area contributed by atoms with E-state index in [0.717, 1.165) is 36.1 Å². The van der Waals surface area contributed by atoms with Crippen LogP contribution in [0.3, 0.4) is 0 Å². The van der Waals surface area contributed by atoms with Crippen LogP contribution in [0.2, 0.25) is 0 Å². The first kappa shape index (κ1) is 16.0. The molecule has 128 valence electrons. The van der Waals surface area contributed by atoms with Gasteiger partial charge >= 0.3 is 0 Å². The average Bonchev–Trinajstić information content (AvgIpc) is 2.63. The Morgan fingerprint density at radius 2 is 1.92 bits per heavy atom. The molecular weight excluding hydrogens is 310 g/mol. The molecule has 25 heavy (non-hydrogen) atoms. The van der Waals surface area contributed by atoms with Gasteiger partial charge in [0.05, 0.1) is 13.2 Å². The Kier molecular flexibility index (Phi) is 3.89. The Labute approximate surface area is 148 Å². The van der Waals surface area contributed by atoms with Crippen molar-refractivity contribution in [3.63, 3.8) is 0 Å². The first-order valence-corrected chi connectivity index (χ1v) is 8.67. The van der Waals surface area contributed by atoms with Gasteiger partial charge in [-0.05, 0) is 52.8 Å². The van der Waals surface area contributed by atoms with Gasteiger partial charge in [-0.3, -0.25) is 4.90 Å². The fourth-order valence-corrected chi connectivity index (χ4v) is 4.18. The van der Waals surface area contributed by atoms with Crippen molar-refractivity contribution in [3.8, 4) is 11.5 Å². The second-order valence-corrected chi connectivity index (χ2v) is 6.87. The van der Waals surface area contributed by atoms with E-state index in [9.17, 15) is 5.11 Å². The Balaban J connectivity index is 1.90. The third-order valence-electron chi connectivity index (χ3n) is 5.52. The van der Waals surface area contributed by atoms with Gasteiger partial charge in [0.25, 0.3) is 0 Å². The van der Waals surface area contributed by atoms with Gasteiger partial charge in [-0.1, -0.05) is 43.5 Å². The molecular formula is C22H23NO2. The van der Waals surface area contributed by atoms with E-state index in [4.69, 9.17) is 4.74 Å². The van der Waals surface area contributed by atoms with Gasteiger partial charge in [-0.25, -0.2) is 0 Å². The van der Waals surface area contributed by atoms with E-state index in [-0.39, 0.29) is 17.8 Å². The third kappa shape index (κ3) is 2.56. The molecule has 2 unspecified atom stereocenters. The zero-order valence-electron chi connectivity index (χ0n) is 14.5. The number of methoxy groups -OCH3 is 1. The highest BCUT2D eigenvalue weighted by atomic mass is 16.5. The maximum absolute atomic E-state index is 10.3. The predicted octanol–water partition coefficient (Wildman–Crippen LogP) is 4.23. The SMILES string of the molecule is C=C1CCN2C(Cc3cc(O)c(OC)cc3C2c2ccccc2)C1=C. The van der Waals surface area contributed by atoms with E-state index < -0.39 is 0 Å². The smallest absolute Gasteiger partial charge is 0.160 e. The molecule has 0 spiro atoms. The topological polar surface area (TPSA) is 32.7 Å². The monoisotopic (exact) mass is 333 g/mol. The zero-order chi connectivity index (χ0) is 17.6. The summed E-state index contributed by atoms with van der Waals surface area (Å²) >= 11 is 0. The largest absolute Gasteiger partial charge is 0.504 e. The number of phenols is 1. The van der Waals surface area contributed by atoms with Crippen molar-refractivity contribution < 1.29 is 9.84 Å². The Morgan fingerprint density at radius 1 is 1.16 bits per heavy atom. The third-order valence-corrected chi connectivity index (χ3v) is 5.52. The first-order chi connectivity index (χ1) is 12.1. The van der Waals surface area contributed by atoms with Crippen LogP contribution in [0, 0.1) is 0 Å². The minimum atomic E-state index is 0.134. The maximum atomic E-state index is 10.3. The number of hydrogen-bond donors (Lipinski definition) is 1. The van der Waals surface area contributed by atoms with Crippen molar-refractivity contribution >= 4 is 0 Å². The van der Waals surface area contributed by atoms with Crippen LogP contribution in [0.15, 0.2) is 66.8 Å². The lowest BCUT2D eigenvalue weighted by Gasteiger charge is -2.47. The fourth-order valence-electron chi connectivity index (χ4n) is 4.18. The Bertz CT molecular complexity index is 841. The molecule has 0 aromatic heterocycles. The van der Waals surface area contributed by atoms with Crippen LogP contribution in [-0.4, -0.2) is 29.7 Å². The molecule has 1 N–H and O–H groups in total. The van der Waals surface area contributed by atoms with Gasteiger partial charge in [-0.2, -0.15) is 0 Å². The highest BCUT2D eigenvalue weighted by Crippen LogP contribution is 2.46. The van der Waals surface area contributed by atoms with Crippen molar-refractivity contribution in [2.75, 3.05) is 13.7 Å². The minimum absolute atomic E-state index is 0.134. The molecule has 2 heterocycles. The Morgan fingerprint density at radius 3 is 2.64 bits per heavy atom. The molecule has 4 rings (SSSR count). The number of benzene rings is 2. The van der Waals surface area contributed by atoms with Crippen LogP contribution < -0.4 is 4.74 Å². The van der Waals surface area contributed by atoms with E-state index in [1.165, 1.54) is 11.1 Å². The molecule has 0 bridgehead atoms. The van der Waals surface area contributed by atoms with Crippen molar-refractivity contribution in [2.24, 2.45) is 0 Å². The number of ether oxygens (including phenoxy) is 1. The summed E-state index contributed by atoms with van der Waals surface area (Å²) < 4.78 is 5.37. The fraction of sp³-hybridized carbons (Fsp3) is 0.273. The normalized spacial score (nSPS) is 23.1. The summed E-state index contributed by atoms with van der Waals surface area (Å²) in [5.41, 5.74) is 5.88. The predicted molar refractivity (Wildman–Crippen MR) is 100 cm³/mol. The summed E-state index contributed by atoms with van der Waals surface area (Å²) in [6.45, 7) is 9.46. The van der Waals surface area contributed by atoms with Crippen molar-refractivity contribution in [3.05, 3.63) is 83.5 Å².